The topological polar surface area (TPSA) is 72.8 Å². The van der Waals surface area contributed by atoms with Crippen molar-refractivity contribution in [2.45, 2.75) is 33.8 Å². The second kappa shape index (κ2) is 6.22. The number of carbonyl (C=O) groups is 2. The molecule has 0 aliphatic heterocycles. The first-order chi connectivity index (χ1) is 8.92. The monoisotopic (exact) mass is 266 g/mol. The number of aldehydes is 1. The highest BCUT2D eigenvalue weighted by molar-refractivity contribution is 5.99. The lowest BCUT2D eigenvalue weighted by Crippen LogP contribution is -2.12. The third kappa shape index (κ3) is 3.24. The van der Waals surface area contributed by atoms with E-state index in [4.69, 9.17) is 9.47 Å². The Morgan fingerprint density at radius 3 is 2.58 bits per heavy atom. The molecule has 1 aromatic rings. The van der Waals surface area contributed by atoms with Gasteiger partial charge in [0.2, 0.25) is 0 Å². The largest absolute Gasteiger partial charge is 0.506 e. The molecule has 0 fully saturated rings. The fourth-order valence-corrected chi connectivity index (χ4v) is 1.71. The van der Waals surface area contributed by atoms with E-state index in [0.717, 1.165) is 0 Å². The Balaban J connectivity index is 3.37. The molecule has 0 aliphatic rings. The highest BCUT2D eigenvalue weighted by Crippen LogP contribution is 2.34. The molecule has 5 heteroatoms. The van der Waals surface area contributed by atoms with Crippen LogP contribution in [0.3, 0.4) is 0 Å². The van der Waals surface area contributed by atoms with Crippen LogP contribution in [0.15, 0.2) is 6.07 Å². The van der Waals surface area contributed by atoms with Gasteiger partial charge in [-0.2, -0.15) is 0 Å². The summed E-state index contributed by atoms with van der Waals surface area (Å²) in [4.78, 5) is 22.8. The lowest BCUT2D eigenvalue weighted by atomic mass is 10.0. The molecule has 0 bridgehead atoms. The molecule has 1 N–H and O–H groups in total. The second-order valence-electron chi connectivity index (χ2n) is 4.33. The van der Waals surface area contributed by atoms with Gasteiger partial charge in [-0.15, -0.1) is 0 Å². The van der Waals surface area contributed by atoms with Crippen LogP contribution >= 0.6 is 0 Å². The van der Waals surface area contributed by atoms with E-state index < -0.39 is 11.7 Å². The summed E-state index contributed by atoms with van der Waals surface area (Å²) in [6.07, 6.45) is 0.320. The van der Waals surface area contributed by atoms with Gasteiger partial charge in [0.25, 0.3) is 0 Å². The van der Waals surface area contributed by atoms with Crippen molar-refractivity contribution < 1.29 is 24.2 Å². The van der Waals surface area contributed by atoms with E-state index in [0.29, 0.717) is 11.8 Å². The van der Waals surface area contributed by atoms with Gasteiger partial charge in [0.15, 0.2) is 6.29 Å². The van der Waals surface area contributed by atoms with Crippen LogP contribution in [0.25, 0.3) is 0 Å². The van der Waals surface area contributed by atoms with Crippen LogP contribution < -0.4 is 4.74 Å². The molecule has 0 radical (unpaired) electrons. The van der Waals surface area contributed by atoms with Gasteiger partial charge in [0.1, 0.15) is 17.1 Å². The number of ether oxygens (including phenoxy) is 2. The maximum Gasteiger partial charge on any atom is 0.342 e. The minimum atomic E-state index is -0.656. The standard InChI is InChI=1S/C14H18O5/c1-5-18-14(17)12-9(4)6-11(19-8(2)3)10(7-15)13(12)16/h6-8,16H,5H2,1-4H3. The van der Waals surface area contributed by atoms with Crippen LogP contribution in [0.4, 0.5) is 0 Å². The predicted octanol–water partition coefficient (Wildman–Crippen LogP) is 2.48. The van der Waals surface area contributed by atoms with Crippen molar-refractivity contribution in [1.29, 1.82) is 0 Å². The molecule has 1 rings (SSSR count). The summed E-state index contributed by atoms with van der Waals surface area (Å²) in [6, 6.07) is 1.55. The summed E-state index contributed by atoms with van der Waals surface area (Å²) in [7, 11) is 0. The Labute approximate surface area is 112 Å². The van der Waals surface area contributed by atoms with Gasteiger partial charge < -0.3 is 14.6 Å². The van der Waals surface area contributed by atoms with Gasteiger partial charge in [-0.1, -0.05) is 0 Å². The van der Waals surface area contributed by atoms with Gasteiger partial charge in [0, 0.05) is 0 Å². The molecule has 104 valence electrons. The number of aryl methyl sites for hydroxylation is 1. The highest BCUT2D eigenvalue weighted by Gasteiger charge is 2.22. The van der Waals surface area contributed by atoms with Gasteiger partial charge >= 0.3 is 5.97 Å². The summed E-state index contributed by atoms with van der Waals surface area (Å²) in [5.74, 6) is -0.797. The minimum Gasteiger partial charge on any atom is -0.506 e. The quantitative estimate of drug-likeness (QED) is 0.654. The molecule has 0 saturated heterocycles. The Bertz CT molecular complexity index is 491. The summed E-state index contributed by atoms with van der Waals surface area (Å²) < 4.78 is 10.3. The Morgan fingerprint density at radius 2 is 2.11 bits per heavy atom. The number of hydrogen-bond donors (Lipinski definition) is 1. The number of carbonyl (C=O) groups excluding carboxylic acids is 2. The minimum absolute atomic E-state index is 0.0000520. The first kappa shape index (κ1) is 15.0. The summed E-state index contributed by atoms with van der Waals surface area (Å²) in [5.41, 5.74) is 0.458. The van der Waals surface area contributed by atoms with Crippen LogP contribution in [-0.2, 0) is 4.74 Å². The van der Waals surface area contributed by atoms with Crippen molar-refractivity contribution in [3.05, 3.63) is 22.8 Å². The van der Waals surface area contributed by atoms with E-state index >= 15 is 0 Å². The van der Waals surface area contributed by atoms with E-state index in [-0.39, 0.29) is 29.6 Å². The van der Waals surface area contributed by atoms with E-state index in [1.807, 2.05) is 0 Å². The molecular formula is C14H18O5. The van der Waals surface area contributed by atoms with Crippen LogP contribution in [0.5, 0.6) is 11.5 Å². The third-order valence-electron chi connectivity index (χ3n) is 2.46. The number of phenolic OH excluding ortho intramolecular Hbond substituents is 1. The molecule has 0 saturated carbocycles. The fraction of sp³-hybridized carbons (Fsp3) is 0.429. The predicted molar refractivity (Wildman–Crippen MR) is 70.0 cm³/mol. The van der Waals surface area contributed by atoms with Crippen LogP contribution in [0.1, 0.15) is 47.1 Å². The fourth-order valence-electron chi connectivity index (χ4n) is 1.71. The molecule has 0 heterocycles. The zero-order valence-corrected chi connectivity index (χ0v) is 11.5. The number of phenols is 1. The molecule has 19 heavy (non-hydrogen) atoms. The van der Waals surface area contributed by atoms with Gasteiger partial charge in [-0.3, -0.25) is 4.79 Å². The zero-order chi connectivity index (χ0) is 14.6. The number of hydrogen-bond acceptors (Lipinski definition) is 5. The molecule has 0 amide bonds. The number of aromatic hydroxyl groups is 1. The first-order valence-corrected chi connectivity index (χ1v) is 6.07. The van der Waals surface area contributed by atoms with E-state index in [9.17, 15) is 14.7 Å². The maximum absolute atomic E-state index is 11.7. The van der Waals surface area contributed by atoms with Gasteiger partial charge in [0.05, 0.1) is 18.3 Å². The summed E-state index contributed by atoms with van der Waals surface area (Å²) >= 11 is 0. The van der Waals surface area contributed by atoms with Crippen molar-refractivity contribution in [3.8, 4) is 11.5 Å². The normalized spacial score (nSPS) is 10.4. The van der Waals surface area contributed by atoms with E-state index in [1.165, 1.54) is 0 Å². The highest BCUT2D eigenvalue weighted by atomic mass is 16.5. The second-order valence-corrected chi connectivity index (χ2v) is 4.33. The van der Waals surface area contributed by atoms with Crippen LogP contribution in [-0.4, -0.2) is 30.1 Å². The summed E-state index contributed by atoms with van der Waals surface area (Å²) in [5, 5.41) is 10.0. The number of esters is 1. The SMILES string of the molecule is CCOC(=O)c1c(C)cc(OC(C)C)c(C=O)c1O. The van der Waals surface area contributed by atoms with E-state index in [1.54, 1.807) is 33.8 Å². The van der Waals surface area contributed by atoms with Crippen LogP contribution in [0.2, 0.25) is 0 Å². The molecule has 0 aromatic heterocycles. The van der Waals surface area contributed by atoms with Gasteiger partial charge in [-0.25, -0.2) is 4.79 Å². The maximum atomic E-state index is 11.7. The zero-order valence-electron chi connectivity index (χ0n) is 11.5. The molecule has 1 aromatic carbocycles. The third-order valence-corrected chi connectivity index (χ3v) is 2.46. The lowest BCUT2D eigenvalue weighted by molar-refractivity contribution is 0.0522. The average Bonchev–Trinajstić information content (AvgIpc) is 2.28. The first-order valence-electron chi connectivity index (χ1n) is 6.07. The Kier molecular flexibility index (Phi) is 4.92. The van der Waals surface area contributed by atoms with Crippen molar-refractivity contribution in [2.24, 2.45) is 0 Å². The average molecular weight is 266 g/mol. The number of rotatable bonds is 5. The molecule has 0 aliphatic carbocycles. The number of benzene rings is 1. The van der Waals surface area contributed by atoms with E-state index in [2.05, 4.69) is 0 Å². The van der Waals surface area contributed by atoms with Crippen molar-refractivity contribution in [1.82, 2.24) is 0 Å². The Hall–Kier alpha value is -2.04. The lowest BCUT2D eigenvalue weighted by Gasteiger charge is -2.16. The molecule has 0 spiro atoms. The van der Waals surface area contributed by atoms with Crippen molar-refractivity contribution in [3.63, 3.8) is 0 Å². The summed E-state index contributed by atoms with van der Waals surface area (Å²) in [6.45, 7) is 7.12. The molecule has 0 atom stereocenters. The smallest absolute Gasteiger partial charge is 0.342 e. The van der Waals surface area contributed by atoms with Crippen LogP contribution in [0, 0.1) is 6.92 Å². The van der Waals surface area contributed by atoms with Crippen molar-refractivity contribution in [2.75, 3.05) is 6.61 Å². The molecular weight excluding hydrogens is 248 g/mol. The Morgan fingerprint density at radius 1 is 1.47 bits per heavy atom. The van der Waals surface area contributed by atoms with Gasteiger partial charge in [-0.05, 0) is 39.3 Å². The molecule has 0 unspecified atom stereocenters. The molecule has 5 nitrogen and oxygen atoms in total. The van der Waals surface area contributed by atoms with Crippen molar-refractivity contribution >= 4 is 12.3 Å².